The van der Waals surface area contributed by atoms with Crippen LogP contribution in [0, 0.1) is 0 Å². The average Bonchev–Trinajstić information content (AvgIpc) is 2.65. The Kier molecular flexibility index (Phi) is 5.94. The molecule has 0 bridgehead atoms. The molecular weight excluding hydrogens is 330 g/mol. The van der Waals surface area contributed by atoms with Crippen molar-refractivity contribution in [3.05, 3.63) is 30.1 Å². The van der Waals surface area contributed by atoms with Gasteiger partial charge in [-0.15, -0.1) is 0 Å². The third-order valence-corrected chi connectivity index (χ3v) is 5.83. The molecule has 0 saturated carbocycles. The number of piperidine rings is 1. The number of rotatable bonds is 5. The summed E-state index contributed by atoms with van der Waals surface area (Å²) >= 11 is 1.55. The Hall–Kier alpha value is -1.62. The first-order valence-electron chi connectivity index (χ1n) is 9.29. The van der Waals surface area contributed by atoms with Crippen LogP contribution in [-0.4, -0.2) is 39.1 Å². The summed E-state index contributed by atoms with van der Waals surface area (Å²) in [4.78, 5) is 24.2. The highest BCUT2D eigenvalue weighted by Gasteiger charge is 2.25. The molecule has 1 saturated heterocycles. The Morgan fingerprint density at radius 3 is 2.84 bits per heavy atom. The normalized spacial score (nSPS) is 18.1. The topological polar surface area (TPSA) is 46.1 Å². The second-order valence-electron chi connectivity index (χ2n) is 6.99. The number of nitrogens with zero attached hydrogens (tertiary/aromatic N) is 3. The van der Waals surface area contributed by atoms with E-state index in [-0.39, 0.29) is 11.8 Å². The standard InChI is InChI=1S/C20H27N3OS/c1-4-15-9-7-8-12-23(15)18(24)13-25-20-16-10-5-6-11-17(16)21-19(22-20)14(2)3/h5-6,10-11,14-15H,4,7-9,12-13H2,1-3H3/t15-/m1/s1. The first kappa shape index (κ1) is 18.2. The van der Waals surface area contributed by atoms with Crippen LogP contribution in [0.25, 0.3) is 10.9 Å². The molecular formula is C20H27N3OS. The van der Waals surface area contributed by atoms with Gasteiger partial charge in [-0.2, -0.15) is 0 Å². The molecule has 0 radical (unpaired) electrons. The van der Waals surface area contributed by atoms with Gasteiger partial charge in [0.15, 0.2) is 0 Å². The number of hydrogen-bond donors (Lipinski definition) is 0. The van der Waals surface area contributed by atoms with Crippen molar-refractivity contribution in [2.75, 3.05) is 12.3 Å². The minimum absolute atomic E-state index is 0.241. The molecule has 1 atom stereocenters. The molecule has 0 N–H and O–H groups in total. The van der Waals surface area contributed by atoms with Gasteiger partial charge in [0.05, 0.1) is 11.3 Å². The molecule has 1 fully saturated rings. The molecule has 1 amide bonds. The highest BCUT2D eigenvalue weighted by Crippen LogP contribution is 2.28. The average molecular weight is 358 g/mol. The van der Waals surface area contributed by atoms with Crippen molar-refractivity contribution in [3.8, 4) is 0 Å². The van der Waals surface area contributed by atoms with E-state index in [0.29, 0.717) is 11.8 Å². The molecule has 2 heterocycles. The Morgan fingerprint density at radius 2 is 2.08 bits per heavy atom. The van der Waals surface area contributed by atoms with Crippen molar-refractivity contribution in [2.24, 2.45) is 0 Å². The van der Waals surface area contributed by atoms with E-state index >= 15 is 0 Å². The van der Waals surface area contributed by atoms with Gasteiger partial charge in [-0.1, -0.05) is 50.7 Å². The second-order valence-corrected chi connectivity index (χ2v) is 7.96. The molecule has 3 rings (SSSR count). The molecule has 1 aliphatic rings. The van der Waals surface area contributed by atoms with Crippen LogP contribution in [0.3, 0.4) is 0 Å². The minimum atomic E-state index is 0.241. The lowest BCUT2D eigenvalue weighted by Gasteiger charge is -2.35. The predicted molar refractivity (Wildman–Crippen MR) is 104 cm³/mol. The lowest BCUT2D eigenvalue weighted by Crippen LogP contribution is -2.44. The zero-order valence-electron chi connectivity index (χ0n) is 15.4. The minimum Gasteiger partial charge on any atom is -0.339 e. The smallest absolute Gasteiger partial charge is 0.233 e. The van der Waals surface area contributed by atoms with Crippen LogP contribution in [0.1, 0.15) is 58.2 Å². The van der Waals surface area contributed by atoms with Gasteiger partial charge in [0.1, 0.15) is 10.9 Å². The first-order valence-corrected chi connectivity index (χ1v) is 10.3. The van der Waals surface area contributed by atoms with Crippen molar-refractivity contribution >= 4 is 28.6 Å². The van der Waals surface area contributed by atoms with E-state index < -0.39 is 0 Å². The molecule has 134 valence electrons. The zero-order chi connectivity index (χ0) is 17.8. The number of benzene rings is 1. The van der Waals surface area contributed by atoms with E-state index in [1.165, 1.54) is 6.42 Å². The summed E-state index contributed by atoms with van der Waals surface area (Å²) in [6.45, 7) is 7.28. The van der Waals surface area contributed by atoms with Crippen LogP contribution < -0.4 is 0 Å². The van der Waals surface area contributed by atoms with Crippen LogP contribution in [0.2, 0.25) is 0 Å². The molecule has 25 heavy (non-hydrogen) atoms. The van der Waals surface area contributed by atoms with Crippen LogP contribution in [0.4, 0.5) is 0 Å². The van der Waals surface area contributed by atoms with E-state index in [9.17, 15) is 4.79 Å². The van der Waals surface area contributed by atoms with Gasteiger partial charge >= 0.3 is 0 Å². The van der Waals surface area contributed by atoms with Gasteiger partial charge in [0.25, 0.3) is 0 Å². The molecule has 1 aromatic heterocycles. The first-order chi connectivity index (χ1) is 12.1. The summed E-state index contributed by atoms with van der Waals surface area (Å²) in [5, 5.41) is 1.96. The summed E-state index contributed by atoms with van der Waals surface area (Å²) in [5.41, 5.74) is 0.959. The van der Waals surface area contributed by atoms with Gasteiger partial charge in [0.2, 0.25) is 5.91 Å². The molecule has 0 unspecified atom stereocenters. The van der Waals surface area contributed by atoms with Gasteiger partial charge in [0, 0.05) is 23.9 Å². The molecule has 5 heteroatoms. The van der Waals surface area contributed by atoms with E-state index in [1.807, 2.05) is 24.3 Å². The maximum Gasteiger partial charge on any atom is 0.233 e. The summed E-state index contributed by atoms with van der Waals surface area (Å²) in [6, 6.07) is 8.48. The summed E-state index contributed by atoms with van der Waals surface area (Å²) in [7, 11) is 0. The summed E-state index contributed by atoms with van der Waals surface area (Å²) in [6.07, 6.45) is 4.55. The number of hydrogen-bond acceptors (Lipinski definition) is 4. The molecule has 0 spiro atoms. The molecule has 1 aliphatic heterocycles. The fourth-order valence-corrected chi connectivity index (χ4v) is 4.31. The lowest BCUT2D eigenvalue weighted by atomic mass is 10.0. The Bertz CT molecular complexity index is 747. The Balaban J connectivity index is 1.79. The van der Waals surface area contributed by atoms with Crippen LogP contribution in [-0.2, 0) is 4.79 Å². The highest BCUT2D eigenvalue weighted by molar-refractivity contribution is 8.00. The van der Waals surface area contributed by atoms with Crippen LogP contribution in [0.15, 0.2) is 29.3 Å². The van der Waals surface area contributed by atoms with E-state index in [2.05, 4.69) is 30.7 Å². The number of thioether (sulfide) groups is 1. The van der Waals surface area contributed by atoms with Crippen molar-refractivity contribution in [1.82, 2.24) is 14.9 Å². The van der Waals surface area contributed by atoms with Crippen molar-refractivity contribution in [3.63, 3.8) is 0 Å². The third-order valence-electron chi connectivity index (χ3n) is 4.85. The van der Waals surface area contributed by atoms with Crippen molar-refractivity contribution in [2.45, 2.75) is 63.4 Å². The third kappa shape index (κ3) is 4.14. The summed E-state index contributed by atoms with van der Waals surface area (Å²) < 4.78 is 0. The van der Waals surface area contributed by atoms with Crippen molar-refractivity contribution < 1.29 is 4.79 Å². The largest absolute Gasteiger partial charge is 0.339 e. The van der Waals surface area contributed by atoms with Crippen molar-refractivity contribution in [1.29, 1.82) is 0 Å². The van der Waals surface area contributed by atoms with Gasteiger partial charge in [-0.25, -0.2) is 9.97 Å². The highest BCUT2D eigenvalue weighted by atomic mass is 32.2. The number of carbonyl (C=O) groups excluding carboxylic acids is 1. The van der Waals surface area contributed by atoms with Gasteiger partial charge < -0.3 is 4.90 Å². The number of aromatic nitrogens is 2. The molecule has 1 aromatic carbocycles. The molecule has 2 aromatic rings. The summed E-state index contributed by atoms with van der Waals surface area (Å²) in [5.74, 6) is 1.81. The van der Waals surface area contributed by atoms with E-state index in [1.54, 1.807) is 11.8 Å². The monoisotopic (exact) mass is 357 g/mol. The van der Waals surface area contributed by atoms with Crippen LogP contribution >= 0.6 is 11.8 Å². The lowest BCUT2D eigenvalue weighted by molar-refractivity contribution is -0.132. The van der Waals surface area contributed by atoms with E-state index in [4.69, 9.17) is 4.98 Å². The van der Waals surface area contributed by atoms with E-state index in [0.717, 1.165) is 47.6 Å². The number of para-hydroxylation sites is 1. The second kappa shape index (κ2) is 8.17. The number of carbonyl (C=O) groups is 1. The number of likely N-dealkylation sites (tertiary alicyclic amines) is 1. The quantitative estimate of drug-likeness (QED) is 0.578. The number of fused-ring (bicyclic) bond motifs is 1. The fourth-order valence-electron chi connectivity index (χ4n) is 3.40. The maximum atomic E-state index is 12.8. The van der Waals surface area contributed by atoms with Crippen LogP contribution in [0.5, 0.6) is 0 Å². The van der Waals surface area contributed by atoms with Gasteiger partial charge in [-0.3, -0.25) is 4.79 Å². The Labute approximate surface area is 154 Å². The Morgan fingerprint density at radius 1 is 1.28 bits per heavy atom. The fraction of sp³-hybridized carbons (Fsp3) is 0.550. The van der Waals surface area contributed by atoms with Gasteiger partial charge in [-0.05, 0) is 31.7 Å². The molecule has 4 nitrogen and oxygen atoms in total. The predicted octanol–water partition coefficient (Wildman–Crippen LogP) is 4.64. The SMILES string of the molecule is CC[C@@H]1CCCCN1C(=O)CSc1nc(C(C)C)nc2ccccc12. The number of amides is 1. The zero-order valence-corrected chi connectivity index (χ0v) is 16.2. The maximum absolute atomic E-state index is 12.8. The molecule has 0 aliphatic carbocycles.